The molecule has 0 fully saturated rings. The Morgan fingerprint density at radius 2 is 1.39 bits per heavy atom. The SMILES string of the molecule is O=Nc1cccc2c1-c1cccc3cccc-2c13. The smallest absolute Gasteiger partial charge is 0.116 e. The van der Waals surface area contributed by atoms with Crippen LogP contribution in [0.15, 0.2) is 59.8 Å². The number of hydrogen-bond donors (Lipinski definition) is 0. The van der Waals surface area contributed by atoms with Gasteiger partial charge in [-0.1, -0.05) is 48.5 Å². The summed E-state index contributed by atoms with van der Waals surface area (Å²) in [5, 5.41) is 5.60. The fraction of sp³-hybridized carbons (Fsp3) is 0. The standard InChI is InChI=1S/C16H9NO/c18-17-14-9-3-7-12-11-6-1-4-10-5-2-8-13(15(10)11)16(12)14/h1-9H. The fourth-order valence-electron chi connectivity index (χ4n) is 2.90. The molecule has 3 aromatic rings. The van der Waals surface area contributed by atoms with Gasteiger partial charge in [-0.3, -0.25) is 0 Å². The summed E-state index contributed by atoms with van der Waals surface area (Å²) in [7, 11) is 0. The Morgan fingerprint density at radius 3 is 2.17 bits per heavy atom. The van der Waals surface area contributed by atoms with Crippen LogP contribution in [0.2, 0.25) is 0 Å². The van der Waals surface area contributed by atoms with Crippen LogP contribution in [0.3, 0.4) is 0 Å². The van der Waals surface area contributed by atoms with E-state index in [4.69, 9.17) is 0 Å². The number of benzene rings is 3. The van der Waals surface area contributed by atoms with Crippen molar-refractivity contribution in [2.24, 2.45) is 5.18 Å². The maximum absolute atomic E-state index is 11.0. The van der Waals surface area contributed by atoms with Gasteiger partial charge in [-0.15, -0.1) is 4.91 Å². The normalized spacial score (nSPS) is 11.6. The molecule has 3 aromatic carbocycles. The van der Waals surface area contributed by atoms with Crippen LogP contribution in [0.1, 0.15) is 0 Å². The Kier molecular flexibility index (Phi) is 1.73. The van der Waals surface area contributed by atoms with Gasteiger partial charge in [-0.25, -0.2) is 0 Å². The van der Waals surface area contributed by atoms with Gasteiger partial charge in [0.25, 0.3) is 0 Å². The lowest BCUT2D eigenvalue weighted by molar-refractivity contribution is 1.50. The third-order valence-corrected chi connectivity index (χ3v) is 3.61. The molecule has 0 spiro atoms. The summed E-state index contributed by atoms with van der Waals surface area (Å²) in [6, 6.07) is 18.2. The zero-order chi connectivity index (χ0) is 12.1. The summed E-state index contributed by atoms with van der Waals surface area (Å²) in [6.45, 7) is 0. The average molecular weight is 231 g/mol. The maximum Gasteiger partial charge on any atom is 0.116 e. The molecule has 0 amide bonds. The zero-order valence-electron chi connectivity index (χ0n) is 9.55. The van der Waals surface area contributed by atoms with E-state index in [1.165, 1.54) is 16.3 Å². The van der Waals surface area contributed by atoms with Crippen LogP contribution < -0.4 is 0 Å². The second-order valence-electron chi connectivity index (χ2n) is 4.50. The average Bonchev–Trinajstić information content (AvgIpc) is 2.77. The predicted molar refractivity (Wildman–Crippen MR) is 73.8 cm³/mol. The third kappa shape index (κ3) is 1.02. The van der Waals surface area contributed by atoms with Crippen molar-refractivity contribution >= 4 is 16.5 Å². The van der Waals surface area contributed by atoms with E-state index in [2.05, 4.69) is 41.6 Å². The molecule has 0 saturated heterocycles. The molecule has 2 nitrogen and oxygen atoms in total. The Hall–Kier alpha value is -2.48. The van der Waals surface area contributed by atoms with Crippen LogP contribution in [0.25, 0.3) is 33.0 Å². The third-order valence-electron chi connectivity index (χ3n) is 3.61. The molecule has 4 rings (SSSR count). The van der Waals surface area contributed by atoms with Crippen molar-refractivity contribution in [3.05, 3.63) is 59.5 Å². The summed E-state index contributed by atoms with van der Waals surface area (Å²) in [6.07, 6.45) is 0. The van der Waals surface area contributed by atoms with Gasteiger partial charge in [0.1, 0.15) is 5.69 Å². The van der Waals surface area contributed by atoms with Crippen molar-refractivity contribution in [3.63, 3.8) is 0 Å². The van der Waals surface area contributed by atoms with Gasteiger partial charge in [0.2, 0.25) is 0 Å². The Labute approximate surface area is 104 Å². The van der Waals surface area contributed by atoms with Gasteiger partial charge in [-0.2, -0.15) is 0 Å². The van der Waals surface area contributed by atoms with E-state index in [0.29, 0.717) is 5.69 Å². The van der Waals surface area contributed by atoms with Crippen molar-refractivity contribution in [1.82, 2.24) is 0 Å². The van der Waals surface area contributed by atoms with Crippen LogP contribution in [0, 0.1) is 4.91 Å². The van der Waals surface area contributed by atoms with Gasteiger partial charge in [-0.05, 0) is 38.7 Å². The Bertz CT molecular complexity index is 800. The molecule has 0 bridgehead atoms. The van der Waals surface area contributed by atoms with Crippen molar-refractivity contribution in [3.8, 4) is 22.3 Å². The molecule has 0 atom stereocenters. The minimum absolute atomic E-state index is 0.524. The molecule has 0 unspecified atom stereocenters. The van der Waals surface area contributed by atoms with Crippen LogP contribution in [0.4, 0.5) is 5.69 Å². The molecule has 0 radical (unpaired) electrons. The first-order valence-electron chi connectivity index (χ1n) is 5.89. The highest BCUT2D eigenvalue weighted by Crippen LogP contribution is 2.50. The number of hydrogen-bond acceptors (Lipinski definition) is 2. The Balaban J connectivity index is 2.28. The fourth-order valence-corrected chi connectivity index (χ4v) is 2.90. The van der Waals surface area contributed by atoms with Crippen molar-refractivity contribution in [1.29, 1.82) is 0 Å². The highest BCUT2D eigenvalue weighted by atomic mass is 16.3. The molecular weight excluding hydrogens is 222 g/mol. The lowest BCUT2D eigenvalue weighted by atomic mass is 10.0. The largest absolute Gasteiger partial charge is 0.145 e. The van der Waals surface area contributed by atoms with Gasteiger partial charge in [0, 0.05) is 5.56 Å². The summed E-state index contributed by atoms with van der Waals surface area (Å²) in [5.41, 5.74) is 4.92. The first kappa shape index (κ1) is 9.54. The van der Waals surface area contributed by atoms with Gasteiger partial charge in [0.05, 0.1) is 0 Å². The molecule has 18 heavy (non-hydrogen) atoms. The molecule has 0 heterocycles. The highest BCUT2D eigenvalue weighted by Gasteiger charge is 2.23. The minimum Gasteiger partial charge on any atom is -0.145 e. The van der Waals surface area contributed by atoms with Crippen LogP contribution in [-0.2, 0) is 0 Å². The lowest BCUT2D eigenvalue weighted by Crippen LogP contribution is -1.76. The van der Waals surface area contributed by atoms with Crippen LogP contribution in [-0.4, -0.2) is 0 Å². The first-order chi connectivity index (χ1) is 8.90. The molecule has 0 saturated carbocycles. The van der Waals surface area contributed by atoms with E-state index in [1.54, 1.807) is 6.07 Å². The van der Waals surface area contributed by atoms with Gasteiger partial charge < -0.3 is 0 Å². The van der Waals surface area contributed by atoms with E-state index in [0.717, 1.165) is 16.7 Å². The predicted octanol–water partition coefficient (Wildman–Crippen LogP) is 4.89. The van der Waals surface area contributed by atoms with E-state index in [-0.39, 0.29) is 0 Å². The number of nitroso groups, excluding NO2 is 1. The molecule has 0 aromatic heterocycles. The first-order valence-corrected chi connectivity index (χ1v) is 5.89. The monoisotopic (exact) mass is 231 g/mol. The second-order valence-corrected chi connectivity index (χ2v) is 4.50. The number of fused-ring (bicyclic) bond motifs is 3. The quantitative estimate of drug-likeness (QED) is 0.429. The lowest BCUT2D eigenvalue weighted by Gasteiger charge is -2.02. The molecule has 0 aliphatic heterocycles. The van der Waals surface area contributed by atoms with E-state index in [9.17, 15) is 4.91 Å². The molecule has 2 heteroatoms. The Morgan fingerprint density at radius 1 is 0.722 bits per heavy atom. The van der Waals surface area contributed by atoms with Crippen LogP contribution in [0.5, 0.6) is 0 Å². The van der Waals surface area contributed by atoms with Crippen molar-refractivity contribution in [2.75, 3.05) is 0 Å². The van der Waals surface area contributed by atoms with E-state index >= 15 is 0 Å². The molecule has 1 aliphatic rings. The summed E-state index contributed by atoms with van der Waals surface area (Å²) in [5.74, 6) is 0. The highest BCUT2D eigenvalue weighted by molar-refractivity contribution is 6.17. The molecule has 84 valence electrons. The van der Waals surface area contributed by atoms with E-state index < -0.39 is 0 Å². The van der Waals surface area contributed by atoms with Gasteiger partial charge >= 0.3 is 0 Å². The summed E-state index contributed by atoms with van der Waals surface area (Å²) < 4.78 is 0. The second kappa shape index (κ2) is 3.26. The zero-order valence-corrected chi connectivity index (χ0v) is 9.55. The van der Waals surface area contributed by atoms with Crippen LogP contribution >= 0.6 is 0 Å². The van der Waals surface area contributed by atoms with Crippen molar-refractivity contribution in [2.45, 2.75) is 0 Å². The maximum atomic E-state index is 11.0. The molecule has 0 N–H and O–H groups in total. The molecular formula is C16H9NO. The minimum atomic E-state index is 0.524. The number of rotatable bonds is 1. The topological polar surface area (TPSA) is 29.4 Å². The summed E-state index contributed by atoms with van der Waals surface area (Å²) >= 11 is 0. The van der Waals surface area contributed by atoms with E-state index in [1.807, 2.05) is 12.1 Å². The van der Waals surface area contributed by atoms with Gasteiger partial charge in [0.15, 0.2) is 0 Å². The number of nitrogens with zero attached hydrogens (tertiary/aromatic N) is 1. The molecule has 1 aliphatic carbocycles. The van der Waals surface area contributed by atoms with Crippen molar-refractivity contribution < 1.29 is 0 Å². The summed E-state index contributed by atoms with van der Waals surface area (Å²) in [4.78, 5) is 11.0.